The number of dihydropyridines is 1. The fourth-order valence-corrected chi connectivity index (χ4v) is 5.21. The van der Waals surface area contributed by atoms with Crippen LogP contribution in [0.1, 0.15) is 59.9 Å². The molecule has 0 bridgehead atoms. The lowest BCUT2D eigenvalue weighted by Crippen LogP contribution is -2.34. The maximum absolute atomic E-state index is 13.1. The average molecular weight is 480 g/mol. The fraction of sp³-hybridized carbons (Fsp3) is 0.357. The second-order valence-corrected chi connectivity index (χ2v) is 9.53. The first kappa shape index (κ1) is 24.1. The van der Waals surface area contributed by atoms with Crippen LogP contribution in [-0.4, -0.2) is 18.9 Å². The predicted octanol–water partition coefficient (Wildman–Crippen LogP) is 5.99. The summed E-state index contributed by atoms with van der Waals surface area (Å²) < 4.78 is 11.3. The number of carbonyl (C=O) groups is 2. The van der Waals surface area contributed by atoms with Gasteiger partial charge in [-0.1, -0.05) is 23.7 Å². The maximum atomic E-state index is 13.1. The predicted molar refractivity (Wildman–Crippen MR) is 133 cm³/mol. The third-order valence-corrected chi connectivity index (χ3v) is 6.97. The van der Waals surface area contributed by atoms with Gasteiger partial charge in [0.05, 0.1) is 12.7 Å². The van der Waals surface area contributed by atoms with Crippen molar-refractivity contribution >= 4 is 23.4 Å². The van der Waals surface area contributed by atoms with Crippen LogP contribution in [0.25, 0.3) is 0 Å². The zero-order chi connectivity index (χ0) is 24.6. The molecule has 0 radical (unpaired) electrons. The molecule has 4 rings (SSSR count). The fourth-order valence-electron chi connectivity index (χ4n) is 4.99. The number of rotatable bonds is 5. The van der Waals surface area contributed by atoms with Crippen molar-refractivity contribution in [3.8, 4) is 5.75 Å². The number of allylic oxidation sites excluding steroid dienone is 3. The van der Waals surface area contributed by atoms with Gasteiger partial charge in [0.25, 0.3) is 0 Å². The van der Waals surface area contributed by atoms with Gasteiger partial charge >= 0.3 is 5.97 Å². The number of hydrogen-bond donors (Lipinski definition) is 1. The summed E-state index contributed by atoms with van der Waals surface area (Å²) >= 11 is 6.08. The molecule has 1 heterocycles. The van der Waals surface area contributed by atoms with Gasteiger partial charge in [0, 0.05) is 34.3 Å². The van der Waals surface area contributed by atoms with Crippen LogP contribution in [0.3, 0.4) is 0 Å². The number of Topliss-reactive ketones (excluding diaryl/α,β-unsaturated/α-hetero) is 1. The summed E-state index contributed by atoms with van der Waals surface area (Å²) in [6, 6.07) is 9.73. The Hall–Kier alpha value is -3.05. The summed E-state index contributed by atoms with van der Waals surface area (Å²) in [7, 11) is 1.38. The van der Waals surface area contributed by atoms with E-state index in [4.69, 9.17) is 21.1 Å². The number of methoxy groups -OCH3 is 1. The normalized spacial score (nSPS) is 17.9. The monoisotopic (exact) mass is 479 g/mol. The molecular formula is C28H30ClNO4. The lowest BCUT2D eigenvalue weighted by Gasteiger charge is -2.35. The Balaban J connectivity index is 1.79. The molecule has 2 aromatic carbocycles. The lowest BCUT2D eigenvalue weighted by molar-refractivity contribution is -0.136. The van der Waals surface area contributed by atoms with Crippen LogP contribution in [0.5, 0.6) is 5.75 Å². The first-order valence-electron chi connectivity index (χ1n) is 11.5. The lowest BCUT2D eigenvalue weighted by atomic mass is 9.73. The zero-order valence-corrected chi connectivity index (χ0v) is 21.1. The number of halogens is 1. The Morgan fingerprint density at radius 2 is 1.82 bits per heavy atom. The number of esters is 1. The number of benzene rings is 2. The summed E-state index contributed by atoms with van der Waals surface area (Å²) in [4.78, 5) is 26.0. The highest BCUT2D eigenvalue weighted by atomic mass is 35.5. The van der Waals surface area contributed by atoms with Gasteiger partial charge in [0.15, 0.2) is 5.78 Å². The highest BCUT2D eigenvalue weighted by Crippen LogP contribution is 2.44. The van der Waals surface area contributed by atoms with Gasteiger partial charge in [-0.25, -0.2) is 4.79 Å². The summed E-state index contributed by atoms with van der Waals surface area (Å²) in [5, 5.41) is 3.99. The van der Waals surface area contributed by atoms with Crippen molar-refractivity contribution in [2.45, 2.75) is 59.5 Å². The van der Waals surface area contributed by atoms with E-state index in [0.717, 1.165) is 57.8 Å². The van der Waals surface area contributed by atoms with Crippen molar-refractivity contribution in [1.29, 1.82) is 0 Å². The molecule has 6 heteroatoms. The number of nitrogens with one attached hydrogen (secondary N) is 1. The zero-order valence-electron chi connectivity index (χ0n) is 20.3. The molecule has 1 unspecified atom stereocenters. The summed E-state index contributed by atoms with van der Waals surface area (Å²) in [5.41, 5.74) is 7.84. The molecule has 0 amide bonds. The van der Waals surface area contributed by atoms with Gasteiger partial charge < -0.3 is 14.8 Å². The molecule has 1 aliphatic carbocycles. The molecule has 1 N–H and O–H groups in total. The largest absolute Gasteiger partial charge is 0.489 e. The minimum Gasteiger partial charge on any atom is -0.489 e. The quantitative estimate of drug-likeness (QED) is 0.534. The Morgan fingerprint density at radius 1 is 1.06 bits per heavy atom. The molecule has 0 saturated heterocycles. The van der Waals surface area contributed by atoms with Gasteiger partial charge in [0.1, 0.15) is 12.4 Å². The number of hydrogen-bond acceptors (Lipinski definition) is 5. The number of ketones is 1. The van der Waals surface area contributed by atoms with Crippen molar-refractivity contribution < 1.29 is 19.1 Å². The van der Waals surface area contributed by atoms with Gasteiger partial charge in [-0.15, -0.1) is 0 Å². The van der Waals surface area contributed by atoms with E-state index in [1.807, 2.05) is 45.9 Å². The van der Waals surface area contributed by atoms with E-state index in [0.29, 0.717) is 29.2 Å². The standard InChI is InChI=1S/C28H30ClNO4/c1-15-11-16(2)21(13-19(15)14-34-24-10-9-20(29)12-17(24)3)26-25(28(32)33-5)18(4)30-22-7-6-8-23(31)27(22)26/h9-13,26,30H,6-8,14H2,1-5H3. The van der Waals surface area contributed by atoms with Gasteiger partial charge in [-0.05, 0) is 86.6 Å². The smallest absolute Gasteiger partial charge is 0.336 e. The SMILES string of the molecule is COC(=O)C1=C(C)NC2=C(C(=O)CCC2)C1c1cc(COc2ccc(Cl)cc2C)c(C)cc1C. The van der Waals surface area contributed by atoms with E-state index in [2.05, 4.69) is 17.4 Å². The van der Waals surface area contributed by atoms with E-state index >= 15 is 0 Å². The Labute approximate surface area is 205 Å². The van der Waals surface area contributed by atoms with Gasteiger partial charge in [-0.2, -0.15) is 0 Å². The van der Waals surface area contributed by atoms with Crippen molar-refractivity contribution in [2.24, 2.45) is 0 Å². The molecule has 0 spiro atoms. The number of carbonyl (C=O) groups excluding carboxylic acids is 2. The topological polar surface area (TPSA) is 64.6 Å². The van der Waals surface area contributed by atoms with Crippen LogP contribution < -0.4 is 10.1 Å². The van der Waals surface area contributed by atoms with E-state index < -0.39 is 11.9 Å². The molecule has 2 aliphatic rings. The minimum atomic E-state index is -0.465. The molecule has 5 nitrogen and oxygen atoms in total. The molecule has 0 fully saturated rings. The van der Waals surface area contributed by atoms with Crippen molar-refractivity contribution in [2.75, 3.05) is 7.11 Å². The van der Waals surface area contributed by atoms with Crippen molar-refractivity contribution in [3.05, 3.63) is 85.7 Å². The molecule has 0 saturated carbocycles. The molecule has 34 heavy (non-hydrogen) atoms. The van der Waals surface area contributed by atoms with Crippen molar-refractivity contribution in [1.82, 2.24) is 5.32 Å². The van der Waals surface area contributed by atoms with Crippen LogP contribution in [0.15, 0.2) is 52.9 Å². The maximum Gasteiger partial charge on any atom is 0.336 e. The first-order chi connectivity index (χ1) is 16.2. The van der Waals surface area contributed by atoms with E-state index in [1.54, 1.807) is 0 Å². The summed E-state index contributed by atoms with van der Waals surface area (Å²) in [6.07, 6.45) is 2.09. The second kappa shape index (κ2) is 9.67. The minimum absolute atomic E-state index is 0.0854. The summed E-state index contributed by atoms with van der Waals surface area (Å²) in [5.74, 6) is -0.0314. The van der Waals surface area contributed by atoms with Crippen LogP contribution in [0.4, 0.5) is 0 Å². The highest BCUT2D eigenvalue weighted by Gasteiger charge is 2.39. The number of ether oxygens (including phenoxy) is 2. The highest BCUT2D eigenvalue weighted by molar-refractivity contribution is 6.30. The Morgan fingerprint density at radius 3 is 2.53 bits per heavy atom. The van der Waals surface area contributed by atoms with Gasteiger partial charge in [0.2, 0.25) is 0 Å². The third kappa shape index (κ3) is 4.49. The molecule has 1 aliphatic heterocycles. The first-order valence-corrected chi connectivity index (χ1v) is 11.9. The molecular weight excluding hydrogens is 450 g/mol. The Kier molecular flexibility index (Phi) is 6.85. The van der Waals surface area contributed by atoms with Crippen LogP contribution >= 0.6 is 11.6 Å². The summed E-state index contributed by atoms with van der Waals surface area (Å²) in [6.45, 7) is 8.27. The second-order valence-electron chi connectivity index (χ2n) is 9.09. The molecule has 2 aromatic rings. The number of aryl methyl sites for hydroxylation is 3. The van der Waals surface area contributed by atoms with Crippen molar-refractivity contribution in [3.63, 3.8) is 0 Å². The van der Waals surface area contributed by atoms with Gasteiger partial charge in [-0.3, -0.25) is 4.79 Å². The van der Waals surface area contributed by atoms with E-state index in [9.17, 15) is 9.59 Å². The van der Waals surface area contributed by atoms with E-state index in [-0.39, 0.29) is 5.78 Å². The average Bonchev–Trinajstić information content (AvgIpc) is 2.78. The molecule has 178 valence electrons. The molecule has 1 atom stereocenters. The molecule has 0 aromatic heterocycles. The third-order valence-electron chi connectivity index (χ3n) is 6.74. The van der Waals surface area contributed by atoms with Crippen LogP contribution in [0.2, 0.25) is 5.02 Å². The Bertz CT molecular complexity index is 1240. The van der Waals surface area contributed by atoms with E-state index in [1.165, 1.54) is 7.11 Å². The van der Waals surface area contributed by atoms with Crippen LogP contribution in [-0.2, 0) is 20.9 Å². The van der Waals surface area contributed by atoms with Crippen LogP contribution in [0, 0.1) is 20.8 Å².